The quantitative estimate of drug-likeness (QED) is 0.135. The van der Waals surface area contributed by atoms with Gasteiger partial charge in [0.25, 0.3) is 0 Å². The molecule has 0 N–H and O–H groups in total. The molecule has 68 heavy (non-hydrogen) atoms. The summed E-state index contributed by atoms with van der Waals surface area (Å²) in [6.07, 6.45) is 0. The number of hydrogen-bond acceptors (Lipinski definition) is 7. The van der Waals surface area contributed by atoms with E-state index < -0.39 is 0 Å². The summed E-state index contributed by atoms with van der Waals surface area (Å²) in [5.41, 5.74) is 14.1. The lowest BCUT2D eigenvalue weighted by molar-refractivity contribution is 1.07. The summed E-state index contributed by atoms with van der Waals surface area (Å²) in [5.74, 6) is 3.47. The highest BCUT2D eigenvalue weighted by Crippen LogP contribution is 2.41. The monoisotopic (exact) mass is 869 g/mol. The molecule has 2 heterocycles. The fourth-order valence-corrected chi connectivity index (χ4v) is 8.46. The topological polar surface area (TPSA) is 101 Å². The third kappa shape index (κ3) is 8.57. The number of rotatable bonds is 10. The molecule has 0 bridgehead atoms. The Labute approximate surface area is 394 Å². The van der Waals surface area contributed by atoms with Crippen molar-refractivity contribution in [3.05, 3.63) is 242 Å². The van der Waals surface area contributed by atoms with Gasteiger partial charge in [0.2, 0.25) is 0 Å². The first-order valence-corrected chi connectivity index (χ1v) is 22.3. The minimum absolute atomic E-state index is 0.555. The van der Waals surface area contributed by atoms with Crippen molar-refractivity contribution in [1.82, 2.24) is 29.9 Å². The van der Waals surface area contributed by atoms with E-state index in [-0.39, 0.29) is 0 Å². The average Bonchev–Trinajstić information content (AvgIpc) is 3.43. The Hall–Kier alpha value is -9.51. The Morgan fingerprint density at radius 2 is 0.559 bits per heavy atom. The van der Waals surface area contributed by atoms with Gasteiger partial charge in [-0.15, -0.1) is 0 Å². The molecule has 318 valence electrons. The highest BCUT2D eigenvalue weighted by Gasteiger charge is 2.20. The molecule has 0 aliphatic carbocycles. The molecular weight excluding hydrogens is 831 g/mol. The molecule has 0 aliphatic heterocycles. The summed E-state index contributed by atoms with van der Waals surface area (Å²) < 4.78 is 0. The van der Waals surface area contributed by atoms with E-state index in [1.54, 1.807) is 0 Å². The SMILES string of the molecule is N#Cc1cccc(-c2cccc(-c3cccc(-c4nc(-c5ccccc5)nc(-c5ccc(-c6c(-c7ccccc7)cccc6-c6nc(-c7ccccc7)nc(-c7ccccc7)n6)cc5)n4)c3)c2)c1. The highest BCUT2D eigenvalue weighted by molar-refractivity contribution is 5.94. The van der Waals surface area contributed by atoms with E-state index in [1.807, 2.05) is 140 Å². The molecule has 11 aromatic rings. The van der Waals surface area contributed by atoms with E-state index >= 15 is 0 Å². The zero-order chi connectivity index (χ0) is 45.7. The van der Waals surface area contributed by atoms with Crippen LogP contribution in [0.2, 0.25) is 0 Å². The van der Waals surface area contributed by atoms with Gasteiger partial charge >= 0.3 is 0 Å². The number of aromatic nitrogens is 6. The largest absolute Gasteiger partial charge is 0.208 e. The zero-order valence-electron chi connectivity index (χ0n) is 36.6. The van der Waals surface area contributed by atoms with Gasteiger partial charge in [-0.1, -0.05) is 212 Å². The summed E-state index contributed by atoms with van der Waals surface area (Å²) in [5, 5.41) is 9.53. The molecule has 11 rings (SSSR count). The molecule has 7 nitrogen and oxygen atoms in total. The van der Waals surface area contributed by atoms with Gasteiger partial charge in [0.1, 0.15) is 0 Å². The molecule has 0 aliphatic rings. The lowest BCUT2D eigenvalue weighted by Gasteiger charge is -2.17. The van der Waals surface area contributed by atoms with Crippen molar-refractivity contribution in [3.8, 4) is 119 Å². The van der Waals surface area contributed by atoms with Gasteiger partial charge in [-0.05, 0) is 63.2 Å². The Morgan fingerprint density at radius 3 is 1.04 bits per heavy atom. The second kappa shape index (κ2) is 18.5. The van der Waals surface area contributed by atoms with Gasteiger partial charge in [0.05, 0.1) is 11.6 Å². The van der Waals surface area contributed by atoms with E-state index in [0.717, 1.165) is 77.9 Å². The summed E-state index contributed by atoms with van der Waals surface area (Å²) in [6.45, 7) is 0. The Bertz CT molecular complexity index is 3550. The van der Waals surface area contributed by atoms with Crippen LogP contribution in [-0.4, -0.2) is 29.9 Å². The lowest BCUT2D eigenvalue weighted by Crippen LogP contribution is -2.02. The van der Waals surface area contributed by atoms with E-state index in [9.17, 15) is 5.26 Å². The third-order valence-electron chi connectivity index (χ3n) is 11.8. The standard InChI is InChI=1S/C61H39N7/c62-40-41-17-13-26-48(37-41)49-27-14-28-50(38-49)51-29-15-30-52(39-51)60-65-56(44-20-7-2-8-21-44)63-59(66-60)47-35-33-43(34-36-47)55-53(42-18-5-1-6-19-42)31-16-32-54(55)61-67-57(45-22-9-3-10-23-45)64-58(68-61)46-24-11-4-12-25-46/h1-39H. The van der Waals surface area contributed by atoms with Crippen LogP contribution in [-0.2, 0) is 0 Å². The summed E-state index contributed by atoms with van der Waals surface area (Å²) in [7, 11) is 0. The first kappa shape index (κ1) is 41.2. The van der Waals surface area contributed by atoms with Crippen LogP contribution >= 0.6 is 0 Å². The summed E-state index contributed by atoms with van der Waals surface area (Å²) in [4.78, 5) is 30.6. The molecule has 9 aromatic carbocycles. The average molecular weight is 870 g/mol. The number of hydrogen-bond donors (Lipinski definition) is 0. The van der Waals surface area contributed by atoms with E-state index in [1.165, 1.54) is 0 Å². The minimum atomic E-state index is 0.555. The third-order valence-corrected chi connectivity index (χ3v) is 11.8. The molecule has 0 amide bonds. The molecule has 0 spiro atoms. The van der Waals surface area contributed by atoms with Crippen LogP contribution in [0.4, 0.5) is 0 Å². The van der Waals surface area contributed by atoms with Gasteiger partial charge in [-0.3, -0.25) is 0 Å². The van der Waals surface area contributed by atoms with Crippen LogP contribution in [0, 0.1) is 11.3 Å². The van der Waals surface area contributed by atoms with Crippen LogP contribution in [0.1, 0.15) is 5.56 Å². The van der Waals surface area contributed by atoms with Gasteiger partial charge in [-0.2, -0.15) is 5.26 Å². The molecule has 2 aromatic heterocycles. The smallest absolute Gasteiger partial charge is 0.164 e. The number of nitrogens with zero attached hydrogens (tertiary/aromatic N) is 7. The number of nitriles is 1. The molecule has 0 radical (unpaired) electrons. The van der Waals surface area contributed by atoms with Gasteiger partial charge < -0.3 is 0 Å². The highest BCUT2D eigenvalue weighted by atomic mass is 15.0. The maximum absolute atomic E-state index is 9.53. The van der Waals surface area contributed by atoms with Crippen molar-refractivity contribution in [2.24, 2.45) is 0 Å². The molecule has 7 heteroatoms. The van der Waals surface area contributed by atoms with Crippen molar-refractivity contribution in [2.75, 3.05) is 0 Å². The molecular formula is C61H39N7. The predicted octanol–water partition coefficient (Wildman–Crippen LogP) is 14.6. The van der Waals surface area contributed by atoms with Crippen molar-refractivity contribution in [1.29, 1.82) is 5.26 Å². The fourth-order valence-electron chi connectivity index (χ4n) is 8.46. The van der Waals surface area contributed by atoms with E-state index in [0.29, 0.717) is 40.5 Å². The van der Waals surface area contributed by atoms with E-state index in [4.69, 9.17) is 29.9 Å². The van der Waals surface area contributed by atoms with Gasteiger partial charge in [-0.25, -0.2) is 29.9 Å². The Morgan fingerprint density at radius 1 is 0.235 bits per heavy atom. The van der Waals surface area contributed by atoms with Crippen LogP contribution in [0.3, 0.4) is 0 Å². The summed E-state index contributed by atoms with van der Waals surface area (Å²) in [6, 6.07) is 81.8. The van der Waals surface area contributed by atoms with Gasteiger partial charge in [0.15, 0.2) is 34.9 Å². The van der Waals surface area contributed by atoms with E-state index in [2.05, 4.69) is 103 Å². The van der Waals surface area contributed by atoms with Crippen molar-refractivity contribution >= 4 is 0 Å². The zero-order valence-corrected chi connectivity index (χ0v) is 36.6. The lowest BCUT2D eigenvalue weighted by atomic mass is 9.89. The van der Waals surface area contributed by atoms with Crippen molar-refractivity contribution < 1.29 is 0 Å². The molecule has 0 saturated heterocycles. The maximum Gasteiger partial charge on any atom is 0.164 e. The fraction of sp³-hybridized carbons (Fsp3) is 0. The first-order valence-electron chi connectivity index (χ1n) is 22.3. The van der Waals surface area contributed by atoms with Crippen LogP contribution in [0.15, 0.2) is 237 Å². The first-order chi connectivity index (χ1) is 33.6. The molecule has 0 unspecified atom stereocenters. The van der Waals surface area contributed by atoms with Crippen LogP contribution in [0.25, 0.3) is 113 Å². The normalized spacial score (nSPS) is 10.9. The second-order valence-corrected chi connectivity index (χ2v) is 16.2. The molecule has 0 atom stereocenters. The summed E-state index contributed by atoms with van der Waals surface area (Å²) >= 11 is 0. The maximum atomic E-state index is 9.53. The van der Waals surface area contributed by atoms with Crippen molar-refractivity contribution in [2.45, 2.75) is 0 Å². The molecule has 0 saturated carbocycles. The van der Waals surface area contributed by atoms with Gasteiger partial charge in [0, 0.05) is 38.9 Å². The predicted molar refractivity (Wildman–Crippen MR) is 272 cm³/mol. The Kier molecular flexibility index (Phi) is 11.2. The van der Waals surface area contributed by atoms with Crippen LogP contribution < -0.4 is 0 Å². The molecule has 0 fully saturated rings. The second-order valence-electron chi connectivity index (χ2n) is 16.2. The van der Waals surface area contributed by atoms with Crippen molar-refractivity contribution in [3.63, 3.8) is 0 Å². The van der Waals surface area contributed by atoms with Crippen LogP contribution in [0.5, 0.6) is 0 Å². The number of benzene rings is 9. The Balaban J connectivity index is 1.02. The minimum Gasteiger partial charge on any atom is -0.208 e.